The van der Waals surface area contributed by atoms with Crippen molar-refractivity contribution in [2.24, 2.45) is 11.1 Å². The van der Waals surface area contributed by atoms with E-state index >= 15 is 0 Å². The average Bonchev–Trinajstić information content (AvgIpc) is 2.69. The molecule has 0 bridgehead atoms. The summed E-state index contributed by atoms with van der Waals surface area (Å²) in [5.41, 5.74) is 1.34. The molecule has 1 aromatic carbocycles. The zero-order valence-corrected chi connectivity index (χ0v) is 10.2. The Hall–Kier alpha value is -1.26. The van der Waals surface area contributed by atoms with E-state index < -0.39 is 5.97 Å². The molecule has 1 aromatic rings. The highest BCUT2D eigenvalue weighted by Gasteiger charge is 2.27. The lowest BCUT2D eigenvalue weighted by Gasteiger charge is -2.08. The highest BCUT2D eigenvalue weighted by atomic mass is 35.5. The molecule has 90 valence electrons. The Morgan fingerprint density at radius 1 is 1.47 bits per heavy atom. The molecule has 0 spiro atoms. The minimum atomic E-state index is -0.881. The molecular weight excluding hydrogens is 265 g/mol. The SMILES string of the molecule is O=C(O)CC1CON=C1c1ccc(Cl)c(Cl)c1. The second kappa shape index (κ2) is 4.94. The molecule has 0 saturated heterocycles. The summed E-state index contributed by atoms with van der Waals surface area (Å²) in [6, 6.07) is 5.06. The Morgan fingerprint density at radius 3 is 2.88 bits per heavy atom. The highest BCUT2D eigenvalue weighted by Crippen LogP contribution is 2.26. The first-order valence-electron chi connectivity index (χ1n) is 4.95. The van der Waals surface area contributed by atoms with E-state index in [1.807, 2.05) is 0 Å². The van der Waals surface area contributed by atoms with Gasteiger partial charge in [-0.1, -0.05) is 34.4 Å². The quantitative estimate of drug-likeness (QED) is 0.921. The third-order valence-electron chi connectivity index (χ3n) is 2.46. The third-order valence-corrected chi connectivity index (χ3v) is 3.20. The van der Waals surface area contributed by atoms with E-state index in [0.29, 0.717) is 15.8 Å². The molecule has 0 fully saturated rings. The molecule has 0 aliphatic carbocycles. The molecule has 1 heterocycles. The zero-order chi connectivity index (χ0) is 12.4. The fourth-order valence-electron chi connectivity index (χ4n) is 1.66. The number of oxime groups is 1. The normalized spacial score (nSPS) is 18.7. The number of carbonyl (C=O) groups is 1. The molecule has 0 saturated carbocycles. The van der Waals surface area contributed by atoms with Gasteiger partial charge in [-0.15, -0.1) is 0 Å². The molecule has 1 aliphatic heterocycles. The van der Waals surface area contributed by atoms with E-state index in [9.17, 15) is 4.79 Å². The minimum Gasteiger partial charge on any atom is -0.481 e. The number of benzene rings is 1. The Balaban J connectivity index is 2.26. The van der Waals surface area contributed by atoms with Crippen molar-refractivity contribution in [3.05, 3.63) is 33.8 Å². The van der Waals surface area contributed by atoms with Gasteiger partial charge in [-0.3, -0.25) is 4.79 Å². The molecule has 4 nitrogen and oxygen atoms in total. The number of hydrogen-bond acceptors (Lipinski definition) is 3. The first-order chi connectivity index (χ1) is 8.08. The van der Waals surface area contributed by atoms with Gasteiger partial charge >= 0.3 is 5.97 Å². The van der Waals surface area contributed by atoms with Crippen LogP contribution in [0.2, 0.25) is 10.0 Å². The lowest BCUT2D eigenvalue weighted by atomic mass is 9.95. The number of nitrogens with zero attached hydrogens (tertiary/aromatic N) is 1. The third kappa shape index (κ3) is 2.70. The van der Waals surface area contributed by atoms with Gasteiger partial charge < -0.3 is 9.94 Å². The summed E-state index contributed by atoms with van der Waals surface area (Å²) >= 11 is 11.7. The van der Waals surface area contributed by atoms with Gasteiger partial charge in [-0.2, -0.15) is 0 Å². The Kier molecular flexibility index (Phi) is 3.54. The number of carboxylic acid groups (broad SMARTS) is 1. The molecule has 6 heteroatoms. The molecule has 0 amide bonds. The van der Waals surface area contributed by atoms with Crippen LogP contribution >= 0.6 is 23.2 Å². The number of carboxylic acids is 1. The average molecular weight is 274 g/mol. The fraction of sp³-hybridized carbons (Fsp3) is 0.273. The van der Waals surface area contributed by atoms with E-state index in [2.05, 4.69) is 5.16 Å². The van der Waals surface area contributed by atoms with Crippen LogP contribution in [0, 0.1) is 5.92 Å². The van der Waals surface area contributed by atoms with Crippen LogP contribution in [0.1, 0.15) is 12.0 Å². The van der Waals surface area contributed by atoms with Crippen molar-refractivity contribution in [3.8, 4) is 0 Å². The Labute approximate surface area is 108 Å². The van der Waals surface area contributed by atoms with E-state index in [1.54, 1.807) is 18.2 Å². The molecular formula is C11H9Cl2NO3. The molecule has 0 radical (unpaired) electrons. The van der Waals surface area contributed by atoms with Crippen molar-refractivity contribution in [1.29, 1.82) is 0 Å². The fourth-order valence-corrected chi connectivity index (χ4v) is 1.96. The van der Waals surface area contributed by atoms with Crippen molar-refractivity contribution in [1.82, 2.24) is 0 Å². The number of aliphatic carboxylic acids is 1. The number of halogens is 2. The molecule has 2 rings (SSSR count). The van der Waals surface area contributed by atoms with Crippen molar-refractivity contribution < 1.29 is 14.7 Å². The van der Waals surface area contributed by atoms with Crippen LogP contribution < -0.4 is 0 Å². The van der Waals surface area contributed by atoms with Crippen LogP contribution in [0.5, 0.6) is 0 Å². The van der Waals surface area contributed by atoms with Crippen molar-refractivity contribution in [2.45, 2.75) is 6.42 Å². The van der Waals surface area contributed by atoms with Crippen molar-refractivity contribution in [2.75, 3.05) is 6.61 Å². The maximum atomic E-state index is 10.7. The van der Waals surface area contributed by atoms with Gasteiger partial charge in [0.25, 0.3) is 0 Å². The first kappa shape index (κ1) is 12.2. The minimum absolute atomic E-state index is 0.0148. The van der Waals surface area contributed by atoms with E-state index in [0.717, 1.165) is 5.56 Å². The van der Waals surface area contributed by atoms with Gasteiger partial charge in [0, 0.05) is 5.56 Å². The summed E-state index contributed by atoms with van der Waals surface area (Å²) in [6.45, 7) is 0.280. The van der Waals surface area contributed by atoms with Crippen LogP contribution in [0.3, 0.4) is 0 Å². The van der Waals surface area contributed by atoms with Gasteiger partial charge in [0.1, 0.15) is 6.61 Å². The van der Waals surface area contributed by atoms with Gasteiger partial charge in [0.05, 0.1) is 28.1 Å². The molecule has 0 aromatic heterocycles. The topological polar surface area (TPSA) is 58.9 Å². The summed E-state index contributed by atoms with van der Waals surface area (Å²) < 4.78 is 0. The highest BCUT2D eigenvalue weighted by molar-refractivity contribution is 6.42. The van der Waals surface area contributed by atoms with E-state index in [4.69, 9.17) is 33.1 Å². The summed E-state index contributed by atoms with van der Waals surface area (Å²) in [5, 5.41) is 13.5. The Morgan fingerprint density at radius 2 is 2.24 bits per heavy atom. The summed E-state index contributed by atoms with van der Waals surface area (Å²) in [4.78, 5) is 15.6. The lowest BCUT2D eigenvalue weighted by molar-refractivity contribution is -0.137. The smallest absolute Gasteiger partial charge is 0.304 e. The molecule has 1 unspecified atom stereocenters. The maximum absolute atomic E-state index is 10.7. The lowest BCUT2D eigenvalue weighted by Crippen LogP contribution is -2.18. The van der Waals surface area contributed by atoms with E-state index in [1.165, 1.54) is 0 Å². The van der Waals surface area contributed by atoms with Crippen LogP contribution in [-0.2, 0) is 9.63 Å². The maximum Gasteiger partial charge on any atom is 0.304 e. The summed E-state index contributed by atoms with van der Waals surface area (Å²) in [6.07, 6.45) is -0.0148. The van der Waals surface area contributed by atoms with Gasteiger partial charge in [-0.05, 0) is 12.1 Å². The molecule has 1 atom stereocenters. The van der Waals surface area contributed by atoms with Crippen LogP contribution in [0.15, 0.2) is 23.4 Å². The first-order valence-corrected chi connectivity index (χ1v) is 5.70. The van der Waals surface area contributed by atoms with Gasteiger partial charge in [0.15, 0.2) is 0 Å². The standard InChI is InChI=1S/C11H9Cl2NO3/c12-8-2-1-6(3-9(8)13)11-7(4-10(15)16)5-17-14-11/h1-3,7H,4-5H2,(H,15,16). The van der Waals surface area contributed by atoms with E-state index in [-0.39, 0.29) is 18.9 Å². The van der Waals surface area contributed by atoms with Gasteiger partial charge in [0.2, 0.25) is 0 Å². The predicted octanol–water partition coefficient (Wildman–Crippen LogP) is 2.82. The zero-order valence-electron chi connectivity index (χ0n) is 8.69. The second-order valence-electron chi connectivity index (χ2n) is 3.70. The molecule has 1 N–H and O–H groups in total. The predicted molar refractivity (Wildman–Crippen MR) is 64.7 cm³/mol. The van der Waals surface area contributed by atoms with Crippen LogP contribution in [0.4, 0.5) is 0 Å². The molecule has 1 aliphatic rings. The Bertz CT molecular complexity index is 488. The van der Waals surface area contributed by atoms with Crippen molar-refractivity contribution in [3.63, 3.8) is 0 Å². The van der Waals surface area contributed by atoms with Crippen molar-refractivity contribution >= 4 is 34.9 Å². The number of hydrogen-bond donors (Lipinski definition) is 1. The summed E-state index contributed by atoms with van der Waals surface area (Å²) in [5.74, 6) is -1.13. The largest absolute Gasteiger partial charge is 0.481 e. The number of rotatable bonds is 3. The second-order valence-corrected chi connectivity index (χ2v) is 4.51. The van der Waals surface area contributed by atoms with Crippen LogP contribution in [0.25, 0.3) is 0 Å². The van der Waals surface area contributed by atoms with Crippen LogP contribution in [-0.4, -0.2) is 23.4 Å². The molecule has 17 heavy (non-hydrogen) atoms. The monoisotopic (exact) mass is 273 g/mol. The van der Waals surface area contributed by atoms with Gasteiger partial charge in [-0.25, -0.2) is 0 Å². The summed E-state index contributed by atoms with van der Waals surface area (Å²) in [7, 11) is 0.